The van der Waals surface area contributed by atoms with Crippen LogP contribution in [0.15, 0.2) is 17.4 Å². The summed E-state index contributed by atoms with van der Waals surface area (Å²) < 4.78 is 0. The molecule has 0 aliphatic heterocycles. The van der Waals surface area contributed by atoms with Gasteiger partial charge in [0.15, 0.2) is 0 Å². The zero-order chi connectivity index (χ0) is 6.69. The third kappa shape index (κ3) is 2.07. The highest BCUT2D eigenvalue weighted by Crippen LogP contribution is 2.35. The van der Waals surface area contributed by atoms with Crippen LogP contribution in [0.4, 0.5) is 0 Å². The Balaban J connectivity index is 2.30. The number of rotatable bonds is 2. The summed E-state index contributed by atoms with van der Waals surface area (Å²) in [6, 6.07) is 0. The van der Waals surface area contributed by atoms with Crippen molar-refractivity contribution in [3.8, 4) is 0 Å². The van der Waals surface area contributed by atoms with Crippen molar-refractivity contribution in [1.82, 2.24) is 0 Å². The molecule has 9 heavy (non-hydrogen) atoms. The van der Waals surface area contributed by atoms with Gasteiger partial charge in [0.1, 0.15) is 0 Å². The molecule has 0 N–H and O–H groups in total. The van der Waals surface area contributed by atoms with Crippen LogP contribution in [0.5, 0.6) is 0 Å². The van der Waals surface area contributed by atoms with Crippen molar-refractivity contribution in [1.29, 1.82) is 0 Å². The van der Waals surface area contributed by atoms with Crippen molar-refractivity contribution in [2.24, 2.45) is 5.92 Å². The van der Waals surface area contributed by atoms with Gasteiger partial charge in [0.05, 0.1) is 0 Å². The van der Waals surface area contributed by atoms with Crippen molar-refractivity contribution >= 4 is 0 Å². The summed E-state index contributed by atoms with van der Waals surface area (Å²) in [7, 11) is 0. The highest BCUT2D eigenvalue weighted by atomic mass is 14.3. The molecule has 0 bridgehead atoms. The molecule has 1 unspecified atom stereocenters. The maximum atomic E-state index is 3.30. The molecule has 0 saturated heterocycles. The summed E-state index contributed by atoms with van der Waals surface area (Å²) >= 11 is 0. The summed E-state index contributed by atoms with van der Waals surface area (Å²) in [5.74, 6) is 0.845. The van der Waals surface area contributed by atoms with E-state index in [0.717, 1.165) is 5.92 Å². The van der Waals surface area contributed by atoms with Gasteiger partial charge in [-0.1, -0.05) is 20.3 Å². The smallest absolute Gasteiger partial charge is 0.0112 e. The van der Waals surface area contributed by atoms with E-state index in [-0.39, 0.29) is 0 Å². The first-order valence-corrected chi connectivity index (χ1v) is 3.78. The first kappa shape index (κ1) is 6.64. The van der Waals surface area contributed by atoms with E-state index in [9.17, 15) is 0 Å². The van der Waals surface area contributed by atoms with E-state index in [1.807, 2.05) is 0 Å². The first-order valence-electron chi connectivity index (χ1n) is 3.78. The Labute approximate surface area is 57.3 Å². The number of hydrogen-bond acceptors (Lipinski definition) is 0. The second kappa shape index (κ2) is 2.89. The lowest BCUT2D eigenvalue weighted by atomic mass is 10.3. The second-order valence-electron chi connectivity index (χ2n) is 2.77. The van der Waals surface area contributed by atoms with Gasteiger partial charge in [-0.2, -0.15) is 0 Å². The summed E-state index contributed by atoms with van der Waals surface area (Å²) in [4.78, 5) is 0. The van der Waals surface area contributed by atoms with Crippen molar-refractivity contribution in [3.63, 3.8) is 0 Å². The minimum atomic E-state index is 0.845. The predicted molar refractivity (Wildman–Crippen MR) is 40.3 cm³/mol. The zero-order valence-electron chi connectivity index (χ0n) is 6.28. The Morgan fingerprint density at radius 1 is 1.78 bits per heavy atom. The van der Waals surface area contributed by atoms with Gasteiger partial charge in [-0.05, 0) is 30.4 Å². The molecule has 1 atom stereocenters. The van der Waals surface area contributed by atoms with E-state index in [0.29, 0.717) is 0 Å². The Kier molecular flexibility index (Phi) is 2.13. The molecule has 0 amide bonds. The van der Waals surface area contributed by atoms with Gasteiger partial charge in [0, 0.05) is 0 Å². The van der Waals surface area contributed by atoms with Crippen molar-refractivity contribution in [2.45, 2.75) is 33.1 Å². The fourth-order valence-electron chi connectivity index (χ4n) is 0.820. The summed E-state index contributed by atoms with van der Waals surface area (Å²) in [6.45, 7) is 4.45. The average Bonchev–Trinajstić information content (AvgIpc) is 2.48. The van der Waals surface area contributed by atoms with Crippen LogP contribution in [0.3, 0.4) is 0 Å². The number of hydrogen-bond donors (Lipinski definition) is 0. The SMILES string of the molecule is CCCC=C=C1CC1C. The third-order valence-electron chi connectivity index (χ3n) is 1.68. The standard InChI is InChI=1S/C9H14/c1-3-4-5-6-9-7-8(9)2/h5,8H,3-4,7H2,1-2H3. The van der Waals surface area contributed by atoms with Crippen LogP contribution in [0.2, 0.25) is 0 Å². The van der Waals surface area contributed by atoms with Gasteiger partial charge < -0.3 is 0 Å². The Morgan fingerprint density at radius 2 is 2.44 bits per heavy atom. The molecule has 0 heterocycles. The minimum Gasteiger partial charge on any atom is -0.126 e. The largest absolute Gasteiger partial charge is 0.126 e. The molecule has 1 fully saturated rings. The lowest BCUT2D eigenvalue weighted by Crippen LogP contribution is -1.56. The Hall–Kier alpha value is -0.480. The number of unbranched alkanes of at least 4 members (excludes halogenated alkanes) is 1. The lowest BCUT2D eigenvalue weighted by Gasteiger charge is -1.75. The summed E-state index contributed by atoms with van der Waals surface area (Å²) in [5, 5.41) is 0. The van der Waals surface area contributed by atoms with Crippen LogP contribution in [0.1, 0.15) is 33.1 Å². The molecular formula is C9H14. The van der Waals surface area contributed by atoms with Gasteiger partial charge in [-0.3, -0.25) is 0 Å². The van der Waals surface area contributed by atoms with E-state index in [1.165, 1.54) is 24.8 Å². The molecule has 1 rings (SSSR count). The molecule has 0 heteroatoms. The van der Waals surface area contributed by atoms with Gasteiger partial charge in [-0.25, -0.2) is 0 Å². The van der Waals surface area contributed by atoms with Crippen LogP contribution in [-0.2, 0) is 0 Å². The lowest BCUT2D eigenvalue weighted by molar-refractivity contribution is 0.959. The van der Waals surface area contributed by atoms with E-state index in [2.05, 4.69) is 25.7 Å². The van der Waals surface area contributed by atoms with E-state index in [1.54, 1.807) is 0 Å². The van der Waals surface area contributed by atoms with E-state index < -0.39 is 0 Å². The fourth-order valence-corrected chi connectivity index (χ4v) is 0.820. The van der Waals surface area contributed by atoms with Crippen LogP contribution >= 0.6 is 0 Å². The maximum Gasteiger partial charge on any atom is -0.0112 e. The molecule has 0 spiro atoms. The summed E-state index contributed by atoms with van der Waals surface area (Å²) in [5.41, 5.74) is 4.82. The minimum absolute atomic E-state index is 0.845. The normalized spacial score (nSPS) is 23.3. The van der Waals surface area contributed by atoms with E-state index >= 15 is 0 Å². The van der Waals surface area contributed by atoms with Gasteiger partial charge in [-0.15, -0.1) is 5.73 Å². The van der Waals surface area contributed by atoms with Gasteiger partial charge >= 0.3 is 0 Å². The molecular weight excluding hydrogens is 108 g/mol. The van der Waals surface area contributed by atoms with Crippen LogP contribution in [0.25, 0.3) is 0 Å². The molecule has 0 aromatic carbocycles. The highest BCUT2D eigenvalue weighted by Gasteiger charge is 2.22. The molecule has 50 valence electrons. The molecule has 1 aliphatic rings. The fraction of sp³-hybridized carbons (Fsp3) is 0.667. The van der Waals surface area contributed by atoms with E-state index in [4.69, 9.17) is 0 Å². The Morgan fingerprint density at radius 3 is 2.89 bits per heavy atom. The van der Waals surface area contributed by atoms with Crippen LogP contribution in [0, 0.1) is 5.92 Å². The van der Waals surface area contributed by atoms with Crippen molar-refractivity contribution in [2.75, 3.05) is 0 Å². The van der Waals surface area contributed by atoms with Crippen LogP contribution in [-0.4, -0.2) is 0 Å². The molecule has 0 radical (unpaired) electrons. The molecule has 1 aliphatic carbocycles. The average molecular weight is 122 g/mol. The van der Waals surface area contributed by atoms with Crippen molar-refractivity contribution in [3.05, 3.63) is 17.4 Å². The number of allylic oxidation sites excluding steroid dienone is 1. The predicted octanol–water partition coefficient (Wildman–Crippen LogP) is 2.91. The summed E-state index contributed by atoms with van der Waals surface area (Å²) in [6.07, 6.45) is 5.89. The van der Waals surface area contributed by atoms with Gasteiger partial charge in [0.25, 0.3) is 0 Å². The third-order valence-corrected chi connectivity index (χ3v) is 1.68. The molecule has 1 saturated carbocycles. The Bertz CT molecular complexity index is 147. The zero-order valence-corrected chi connectivity index (χ0v) is 6.28. The quantitative estimate of drug-likeness (QED) is 0.494. The topological polar surface area (TPSA) is 0 Å². The second-order valence-corrected chi connectivity index (χ2v) is 2.77. The monoisotopic (exact) mass is 122 g/mol. The molecule has 0 nitrogen and oxygen atoms in total. The highest BCUT2D eigenvalue weighted by molar-refractivity contribution is 5.20. The maximum absolute atomic E-state index is 3.30. The van der Waals surface area contributed by atoms with Gasteiger partial charge in [0.2, 0.25) is 0 Å². The van der Waals surface area contributed by atoms with Crippen molar-refractivity contribution < 1.29 is 0 Å². The van der Waals surface area contributed by atoms with Crippen LogP contribution < -0.4 is 0 Å². The first-order chi connectivity index (χ1) is 4.34. The molecule has 0 aromatic heterocycles. The molecule has 0 aromatic rings.